The van der Waals surface area contributed by atoms with E-state index in [4.69, 9.17) is 10.6 Å². The van der Waals surface area contributed by atoms with Gasteiger partial charge in [0, 0.05) is 5.39 Å². The van der Waals surface area contributed by atoms with Crippen LogP contribution in [0.1, 0.15) is 16.0 Å². The van der Waals surface area contributed by atoms with Gasteiger partial charge in [0.2, 0.25) is 0 Å². The van der Waals surface area contributed by atoms with Crippen LogP contribution in [0.3, 0.4) is 0 Å². The monoisotopic (exact) mass is 177 g/mol. The van der Waals surface area contributed by atoms with Gasteiger partial charge in [-0.25, -0.2) is 9.78 Å². The van der Waals surface area contributed by atoms with E-state index in [1.54, 1.807) is 0 Å². The second kappa shape index (κ2) is 2.86. The fraction of sp³-hybridized carbons (Fsp3) is 0. The fourth-order valence-electron chi connectivity index (χ4n) is 0.963. The molecule has 1 heterocycles. The standard InChI is InChI=1S/C10H7NO2/c12-10(13)9-6-5-7-3-1-2-4-8(7)11-9/h1-6H,(H,12,13)/i1D,2D,3D,4D. The third kappa shape index (κ3) is 1.36. The molecule has 1 N–H and O–H groups in total. The van der Waals surface area contributed by atoms with E-state index in [0.717, 1.165) is 0 Å². The van der Waals surface area contributed by atoms with Gasteiger partial charge < -0.3 is 5.11 Å². The minimum Gasteiger partial charge on any atom is -0.477 e. The number of pyridine rings is 1. The van der Waals surface area contributed by atoms with Crippen LogP contribution >= 0.6 is 0 Å². The van der Waals surface area contributed by atoms with Gasteiger partial charge in [0.15, 0.2) is 0 Å². The van der Waals surface area contributed by atoms with Crippen molar-refractivity contribution in [1.29, 1.82) is 0 Å². The van der Waals surface area contributed by atoms with Gasteiger partial charge in [0.25, 0.3) is 0 Å². The maximum absolute atomic E-state index is 10.7. The molecule has 0 saturated carbocycles. The molecule has 1 aromatic heterocycles. The number of carboxylic acid groups (broad SMARTS) is 1. The maximum Gasteiger partial charge on any atom is 0.354 e. The molecule has 0 atom stereocenters. The zero-order valence-corrected chi connectivity index (χ0v) is 6.46. The molecule has 0 aliphatic heterocycles. The van der Waals surface area contributed by atoms with E-state index in [-0.39, 0.29) is 34.7 Å². The van der Waals surface area contributed by atoms with E-state index < -0.39 is 12.0 Å². The number of aromatic carboxylic acids is 1. The number of benzene rings is 1. The summed E-state index contributed by atoms with van der Waals surface area (Å²) in [7, 11) is 0. The Bertz CT molecular complexity index is 642. The Morgan fingerprint density at radius 2 is 2.15 bits per heavy atom. The van der Waals surface area contributed by atoms with Crippen LogP contribution in [-0.2, 0) is 0 Å². The summed E-state index contributed by atoms with van der Waals surface area (Å²) in [6.45, 7) is 0. The number of hydrogen-bond donors (Lipinski definition) is 1. The molecule has 0 bridgehead atoms. The first-order chi connectivity index (χ1) is 7.93. The highest BCUT2D eigenvalue weighted by Gasteiger charge is 2.03. The van der Waals surface area contributed by atoms with Crippen LogP contribution in [0, 0.1) is 0 Å². The van der Waals surface area contributed by atoms with E-state index in [9.17, 15) is 4.79 Å². The van der Waals surface area contributed by atoms with Gasteiger partial charge in [-0.1, -0.05) is 24.2 Å². The van der Waals surface area contributed by atoms with Gasteiger partial charge in [-0.15, -0.1) is 0 Å². The molecule has 0 spiro atoms. The summed E-state index contributed by atoms with van der Waals surface area (Å²) in [5.74, 6) is -1.24. The van der Waals surface area contributed by atoms with E-state index in [1.807, 2.05) is 0 Å². The lowest BCUT2D eigenvalue weighted by atomic mass is 10.2. The van der Waals surface area contributed by atoms with Gasteiger partial charge in [-0.3, -0.25) is 0 Å². The van der Waals surface area contributed by atoms with Crippen LogP contribution in [-0.4, -0.2) is 16.1 Å². The lowest BCUT2D eigenvalue weighted by Crippen LogP contribution is -1.99. The van der Waals surface area contributed by atoms with Crippen LogP contribution in [0.2, 0.25) is 0 Å². The number of carboxylic acids is 1. The molecule has 0 fully saturated rings. The molecule has 0 saturated heterocycles. The van der Waals surface area contributed by atoms with Crippen molar-refractivity contribution >= 4 is 16.9 Å². The number of hydrogen-bond acceptors (Lipinski definition) is 2. The van der Waals surface area contributed by atoms with Crippen molar-refractivity contribution in [3.63, 3.8) is 0 Å². The summed E-state index contributed by atoms with van der Waals surface area (Å²) in [5.41, 5.74) is -0.279. The van der Waals surface area contributed by atoms with E-state index in [0.29, 0.717) is 0 Å². The molecule has 0 aliphatic rings. The van der Waals surface area contributed by atoms with Gasteiger partial charge in [0.1, 0.15) is 5.69 Å². The zero-order chi connectivity index (χ0) is 12.7. The second-order valence-electron chi connectivity index (χ2n) is 2.40. The minimum absolute atomic E-state index is 0.0316. The third-order valence-corrected chi connectivity index (χ3v) is 1.55. The van der Waals surface area contributed by atoms with Gasteiger partial charge in [0.05, 0.1) is 11.0 Å². The van der Waals surface area contributed by atoms with Crippen LogP contribution in [0.25, 0.3) is 10.9 Å². The molecule has 0 unspecified atom stereocenters. The molecule has 0 amide bonds. The molecule has 13 heavy (non-hydrogen) atoms. The predicted octanol–water partition coefficient (Wildman–Crippen LogP) is 1.93. The van der Waals surface area contributed by atoms with Crippen LogP contribution < -0.4 is 0 Å². The average Bonchev–Trinajstić information content (AvgIpc) is 2.32. The Balaban J connectivity index is 2.91. The number of aromatic nitrogens is 1. The first-order valence-electron chi connectivity index (χ1n) is 5.54. The number of fused-ring (bicyclic) bond motifs is 1. The summed E-state index contributed by atoms with van der Waals surface area (Å²) >= 11 is 0. The van der Waals surface area contributed by atoms with Crippen LogP contribution in [0.5, 0.6) is 0 Å². The van der Waals surface area contributed by atoms with Gasteiger partial charge in [-0.2, -0.15) is 0 Å². The summed E-state index contributed by atoms with van der Waals surface area (Å²) in [6, 6.07) is 1.23. The number of rotatable bonds is 1. The fourth-order valence-corrected chi connectivity index (χ4v) is 0.963. The Morgan fingerprint density at radius 1 is 1.38 bits per heavy atom. The Kier molecular flexibility index (Phi) is 0.961. The molecule has 2 aromatic rings. The SMILES string of the molecule is [2H]c1c([2H])c([2H])c2nc(C(=O)O)ccc2c1[2H]. The van der Waals surface area contributed by atoms with E-state index in [2.05, 4.69) is 4.98 Å². The van der Waals surface area contributed by atoms with Crippen molar-refractivity contribution in [1.82, 2.24) is 4.98 Å². The summed E-state index contributed by atoms with van der Waals surface area (Å²) in [4.78, 5) is 14.5. The highest BCUT2D eigenvalue weighted by molar-refractivity contribution is 5.89. The Hall–Kier alpha value is -1.90. The maximum atomic E-state index is 10.7. The second-order valence-corrected chi connectivity index (χ2v) is 2.40. The zero-order valence-electron chi connectivity index (χ0n) is 10.5. The van der Waals surface area contributed by atoms with Crippen molar-refractivity contribution < 1.29 is 15.4 Å². The lowest BCUT2D eigenvalue weighted by molar-refractivity contribution is 0.0691. The molecule has 3 nitrogen and oxygen atoms in total. The van der Waals surface area contributed by atoms with E-state index >= 15 is 0 Å². The molecule has 0 aliphatic carbocycles. The summed E-state index contributed by atoms with van der Waals surface area (Å²) in [5, 5.41) is 8.98. The van der Waals surface area contributed by atoms with E-state index in [1.165, 1.54) is 12.1 Å². The minimum atomic E-state index is -1.24. The molecule has 2 rings (SSSR count). The molecular weight excluding hydrogens is 166 g/mol. The number of para-hydroxylation sites is 1. The predicted molar refractivity (Wildman–Crippen MR) is 48.7 cm³/mol. The smallest absolute Gasteiger partial charge is 0.354 e. The normalized spacial score (nSPS) is 14.5. The number of carbonyl (C=O) groups is 1. The van der Waals surface area contributed by atoms with Crippen molar-refractivity contribution in [2.75, 3.05) is 0 Å². The van der Waals surface area contributed by atoms with Crippen molar-refractivity contribution in [3.8, 4) is 0 Å². The Morgan fingerprint density at radius 3 is 2.92 bits per heavy atom. The summed E-state index contributed by atoms with van der Waals surface area (Å²) in [6.07, 6.45) is 0. The highest BCUT2D eigenvalue weighted by atomic mass is 16.4. The molecular formula is C10H7NO2. The van der Waals surface area contributed by atoms with Crippen LogP contribution in [0.15, 0.2) is 36.3 Å². The first kappa shape index (κ1) is 4.37. The van der Waals surface area contributed by atoms with Crippen molar-refractivity contribution in [2.24, 2.45) is 0 Å². The molecule has 1 aromatic carbocycles. The topological polar surface area (TPSA) is 50.2 Å². The molecule has 64 valence electrons. The molecule has 0 radical (unpaired) electrons. The van der Waals surface area contributed by atoms with Crippen molar-refractivity contribution in [3.05, 3.63) is 42.0 Å². The number of nitrogens with zero attached hydrogens (tertiary/aromatic N) is 1. The third-order valence-electron chi connectivity index (χ3n) is 1.55. The quantitative estimate of drug-likeness (QED) is 0.724. The lowest BCUT2D eigenvalue weighted by Gasteiger charge is -1.97. The molecule has 3 heteroatoms. The van der Waals surface area contributed by atoms with Gasteiger partial charge in [-0.05, 0) is 12.1 Å². The summed E-state index contributed by atoms with van der Waals surface area (Å²) < 4.78 is 30.2. The first-order valence-corrected chi connectivity index (χ1v) is 3.54. The Labute approximate surface area is 80.3 Å². The van der Waals surface area contributed by atoms with Crippen LogP contribution in [0.4, 0.5) is 0 Å². The average molecular weight is 177 g/mol. The largest absolute Gasteiger partial charge is 0.477 e. The van der Waals surface area contributed by atoms with Crippen molar-refractivity contribution in [2.45, 2.75) is 0 Å². The van der Waals surface area contributed by atoms with Gasteiger partial charge >= 0.3 is 5.97 Å². The highest BCUT2D eigenvalue weighted by Crippen LogP contribution is 2.11.